The van der Waals surface area contributed by atoms with Crippen LogP contribution in [0.1, 0.15) is 207 Å². The van der Waals surface area contributed by atoms with Gasteiger partial charge >= 0.3 is 0 Å². The number of hydrogen-bond acceptors (Lipinski definition) is 10. The average Bonchev–Trinajstić information content (AvgIpc) is 3.43. The van der Waals surface area contributed by atoms with E-state index >= 15 is 0 Å². The summed E-state index contributed by atoms with van der Waals surface area (Å²) in [6.07, 6.45) is 15.8. The van der Waals surface area contributed by atoms with Crippen LogP contribution in [0.3, 0.4) is 0 Å². The normalized spacial score (nSPS) is 17.8. The van der Waals surface area contributed by atoms with E-state index in [4.69, 9.17) is 28.4 Å². The lowest BCUT2D eigenvalue weighted by molar-refractivity contribution is 0.174. The SMILES string of the molecule is COCc1cc(C(C)(C)c2cccc(C(C)(CC3CCC(c4cc(COC)c(O)c(C5CCCCC5)c4)(c4cc(COC)c(O)c(C5CCCCC5)c4)CC3)c3cc(COC)c(O)c(COC)c3)c2)cc(COC)c1O. The van der Waals surface area contributed by atoms with Crippen molar-refractivity contribution in [2.45, 2.75) is 185 Å². The molecule has 5 aromatic rings. The third-order valence-corrected chi connectivity index (χ3v) is 18.2. The number of methoxy groups -OCH3 is 6. The Morgan fingerprint density at radius 3 is 1.18 bits per heavy atom. The van der Waals surface area contributed by atoms with Gasteiger partial charge in [0.1, 0.15) is 23.0 Å². The highest BCUT2D eigenvalue weighted by atomic mass is 16.5. The zero-order chi connectivity index (χ0) is 54.2. The van der Waals surface area contributed by atoms with Crippen LogP contribution in [-0.4, -0.2) is 63.1 Å². The van der Waals surface area contributed by atoms with Gasteiger partial charge in [0.05, 0.1) is 39.6 Å². The minimum Gasteiger partial charge on any atom is -0.507 e. The molecule has 0 spiro atoms. The van der Waals surface area contributed by atoms with Crippen molar-refractivity contribution in [3.05, 3.63) is 151 Å². The highest BCUT2D eigenvalue weighted by Gasteiger charge is 2.44. The molecule has 4 N–H and O–H groups in total. The summed E-state index contributed by atoms with van der Waals surface area (Å²) in [6, 6.07) is 26.6. The third kappa shape index (κ3) is 11.9. The molecular weight excluding hydrogens is 953 g/mol. The average molecular weight is 1040 g/mol. The Balaban J connectivity index is 1.26. The zero-order valence-corrected chi connectivity index (χ0v) is 47.2. The third-order valence-electron chi connectivity index (χ3n) is 18.2. The number of ether oxygens (including phenoxy) is 6. The van der Waals surface area contributed by atoms with Crippen LogP contribution in [0.4, 0.5) is 0 Å². The minimum absolute atomic E-state index is 0.196. The molecule has 0 bridgehead atoms. The summed E-state index contributed by atoms with van der Waals surface area (Å²) in [5, 5.41) is 47.0. The van der Waals surface area contributed by atoms with Crippen LogP contribution < -0.4 is 0 Å². The van der Waals surface area contributed by atoms with Crippen molar-refractivity contribution in [1.82, 2.24) is 0 Å². The van der Waals surface area contributed by atoms with Gasteiger partial charge in [-0.15, -0.1) is 0 Å². The molecule has 10 heteroatoms. The van der Waals surface area contributed by atoms with Crippen molar-refractivity contribution >= 4 is 0 Å². The lowest BCUT2D eigenvalue weighted by Crippen LogP contribution is -2.36. The summed E-state index contributed by atoms with van der Waals surface area (Å²) in [6.45, 7) is 8.53. The van der Waals surface area contributed by atoms with E-state index in [0.717, 1.165) is 145 Å². The Bertz CT molecular complexity index is 2610. The van der Waals surface area contributed by atoms with Gasteiger partial charge in [-0.25, -0.2) is 0 Å². The van der Waals surface area contributed by atoms with Gasteiger partial charge in [-0.2, -0.15) is 0 Å². The predicted molar refractivity (Wildman–Crippen MR) is 301 cm³/mol. The lowest BCUT2D eigenvalue weighted by atomic mass is 9.59. The van der Waals surface area contributed by atoms with Gasteiger partial charge in [0, 0.05) is 92.3 Å². The van der Waals surface area contributed by atoms with E-state index in [1.807, 2.05) is 0 Å². The number of benzene rings is 5. The quantitative estimate of drug-likeness (QED) is 0.0530. The molecule has 0 radical (unpaired) electrons. The molecule has 3 aliphatic rings. The maximum Gasteiger partial charge on any atom is 0.126 e. The van der Waals surface area contributed by atoms with Crippen LogP contribution in [0.2, 0.25) is 0 Å². The molecule has 8 rings (SSSR count). The Morgan fingerprint density at radius 1 is 0.421 bits per heavy atom. The molecule has 0 amide bonds. The predicted octanol–water partition coefficient (Wildman–Crippen LogP) is 14.7. The number of phenols is 4. The second-order valence-corrected chi connectivity index (χ2v) is 23.5. The maximum absolute atomic E-state index is 12.1. The van der Waals surface area contributed by atoms with E-state index in [0.29, 0.717) is 30.6 Å². The number of rotatable bonds is 22. The van der Waals surface area contributed by atoms with Crippen molar-refractivity contribution in [3.63, 3.8) is 0 Å². The topological polar surface area (TPSA) is 136 Å². The summed E-state index contributed by atoms with van der Waals surface area (Å²) in [7, 11) is 10.0. The largest absolute Gasteiger partial charge is 0.507 e. The summed E-state index contributed by atoms with van der Waals surface area (Å²) < 4.78 is 34.2. The van der Waals surface area contributed by atoms with Crippen LogP contribution in [-0.2, 0) is 84.3 Å². The van der Waals surface area contributed by atoms with Gasteiger partial charge in [-0.3, -0.25) is 0 Å². The monoisotopic (exact) mass is 1040 g/mol. The lowest BCUT2D eigenvalue weighted by Gasteiger charge is -2.45. The molecule has 1 atom stereocenters. The Labute approximate surface area is 454 Å². The molecule has 3 aliphatic carbocycles. The van der Waals surface area contributed by atoms with Gasteiger partial charge in [-0.05, 0) is 156 Å². The van der Waals surface area contributed by atoms with Crippen molar-refractivity contribution in [3.8, 4) is 23.0 Å². The smallest absolute Gasteiger partial charge is 0.126 e. The fourth-order valence-electron chi connectivity index (χ4n) is 13.7. The molecule has 3 fully saturated rings. The fraction of sp³-hybridized carbons (Fsp3) is 0.545. The number of phenolic OH excluding ortho intramolecular Hbond substituents is 4. The zero-order valence-electron chi connectivity index (χ0n) is 47.2. The first-order valence-corrected chi connectivity index (χ1v) is 28.1. The Kier molecular flexibility index (Phi) is 19.0. The molecule has 0 saturated heterocycles. The van der Waals surface area contributed by atoms with Gasteiger partial charge < -0.3 is 48.8 Å². The summed E-state index contributed by atoms with van der Waals surface area (Å²) in [5.74, 6) is 2.01. The van der Waals surface area contributed by atoms with Crippen molar-refractivity contribution in [2.24, 2.45) is 5.92 Å². The molecular formula is C66H88O10. The summed E-state index contributed by atoms with van der Waals surface area (Å²) >= 11 is 0. The van der Waals surface area contributed by atoms with E-state index in [9.17, 15) is 20.4 Å². The highest BCUT2D eigenvalue weighted by molar-refractivity contribution is 5.56. The summed E-state index contributed by atoms with van der Waals surface area (Å²) in [5.41, 5.74) is 12.1. The van der Waals surface area contributed by atoms with Crippen LogP contribution >= 0.6 is 0 Å². The standard InChI is InChI=1S/C66H88O10/c1-64(2,54-27-46(37-71-4)60(67)47(28-54)38-72-5)52-21-16-22-53(33-52)65(3,55-29-48(39-73-6)61(68)49(30-55)40-74-7)36-43-23-25-66(26-24-43,56-31-50(41-75-8)62(69)58(34-56)44-17-12-10-13-18-44)57-32-51(42-76-9)63(70)59(35-57)45-19-14-11-15-20-45/h16,21-22,27-35,43-45,67-70H,10-15,17-20,23-26,36-42H2,1-9H3. The van der Waals surface area contributed by atoms with Crippen LogP contribution in [0.25, 0.3) is 0 Å². The second-order valence-electron chi connectivity index (χ2n) is 23.5. The van der Waals surface area contributed by atoms with E-state index < -0.39 is 16.2 Å². The molecule has 412 valence electrons. The van der Waals surface area contributed by atoms with E-state index in [-0.39, 0.29) is 49.8 Å². The molecule has 0 aliphatic heterocycles. The number of hydrogen-bond donors (Lipinski definition) is 4. The molecule has 10 nitrogen and oxygen atoms in total. The molecule has 0 heterocycles. The van der Waals surface area contributed by atoms with Crippen LogP contribution in [0, 0.1) is 5.92 Å². The molecule has 3 saturated carbocycles. The second kappa shape index (κ2) is 25.2. The first-order chi connectivity index (χ1) is 36.7. The molecule has 5 aromatic carbocycles. The highest BCUT2D eigenvalue weighted by Crippen LogP contribution is 2.55. The van der Waals surface area contributed by atoms with Gasteiger partial charge in [0.25, 0.3) is 0 Å². The molecule has 76 heavy (non-hydrogen) atoms. The van der Waals surface area contributed by atoms with E-state index in [2.05, 4.69) is 93.6 Å². The fourth-order valence-corrected chi connectivity index (χ4v) is 13.7. The van der Waals surface area contributed by atoms with Crippen LogP contribution in [0.5, 0.6) is 23.0 Å². The minimum atomic E-state index is -0.538. The maximum atomic E-state index is 12.1. The Morgan fingerprint density at radius 2 is 0.789 bits per heavy atom. The van der Waals surface area contributed by atoms with Gasteiger partial charge in [0.15, 0.2) is 0 Å². The van der Waals surface area contributed by atoms with E-state index in [1.165, 1.54) is 29.5 Å². The van der Waals surface area contributed by atoms with Gasteiger partial charge in [0.2, 0.25) is 0 Å². The molecule has 0 aromatic heterocycles. The first kappa shape index (κ1) is 57.2. The van der Waals surface area contributed by atoms with Crippen molar-refractivity contribution in [1.29, 1.82) is 0 Å². The van der Waals surface area contributed by atoms with Crippen molar-refractivity contribution < 1.29 is 48.8 Å². The first-order valence-electron chi connectivity index (χ1n) is 28.1. The van der Waals surface area contributed by atoms with Gasteiger partial charge in [-0.1, -0.05) is 95.7 Å². The summed E-state index contributed by atoms with van der Waals surface area (Å²) in [4.78, 5) is 0. The van der Waals surface area contributed by atoms with E-state index in [1.54, 1.807) is 42.7 Å². The van der Waals surface area contributed by atoms with Crippen molar-refractivity contribution in [2.75, 3.05) is 42.7 Å². The Hall–Kier alpha value is -4.94. The molecule has 1 unspecified atom stereocenters. The van der Waals surface area contributed by atoms with Crippen LogP contribution in [0.15, 0.2) is 72.8 Å². The number of aromatic hydroxyl groups is 4.